The molecule has 1 saturated heterocycles. The molecular weight excluding hydrogens is 334 g/mol. The van der Waals surface area contributed by atoms with Crippen molar-refractivity contribution in [3.8, 4) is 0 Å². The first kappa shape index (κ1) is 17.0. The van der Waals surface area contributed by atoms with Gasteiger partial charge in [-0.2, -0.15) is 0 Å². The number of hydrogen-bond donors (Lipinski definition) is 1. The van der Waals surface area contributed by atoms with Gasteiger partial charge >= 0.3 is 5.69 Å². The van der Waals surface area contributed by atoms with E-state index in [4.69, 9.17) is 0 Å². The number of benzene rings is 1. The molecule has 10 heteroatoms. The van der Waals surface area contributed by atoms with Gasteiger partial charge in [0, 0.05) is 37.9 Å². The summed E-state index contributed by atoms with van der Waals surface area (Å²) >= 11 is 0. The van der Waals surface area contributed by atoms with Crippen LogP contribution >= 0.6 is 0 Å². The van der Waals surface area contributed by atoms with Crippen LogP contribution in [-0.2, 0) is 0 Å². The summed E-state index contributed by atoms with van der Waals surface area (Å²) in [5.74, 6) is -1.92. The smallest absolute Gasteiger partial charge is 0.348 e. The summed E-state index contributed by atoms with van der Waals surface area (Å²) in [5, 5.41) is 14.2. The summed E-state index contributed by atoms with van der Waals surface area (Å²) in [5.41, 5.74) is -0.137. The molecule has 0 unspecified atom stereocenters. The van der Waals surface area contributed by atoms with Crippen LogP contribution in [0.3, 0.4) is 0 Å². The molecule has 1 aromatic carbocycles. The predicted octanol–water partition coefficient (Wildman–Crippen LogP) is 2.16. The highest BCUT2D eigenvalue weighted by atomic mass is 19.2. The summed E-state index contributed by atoms with van der Waals surface area (Å²) in [6.07, 6.45) is 1.21. The van der Waals surface area contributed by atoms with Crippen LogP contribution in [0.4, 0.5) is 31.8 Å². The van der Waals surface area contributed by atoms with E-state index in [1.165, 1.54) is 12.4 Å². The number of piperazine rings is 1. The lowest BCUT2D eigenvalue weighted by Gasteiger charge is -2.32. The Labute approximate surface area is 142 Å². The number of rotatable bonds is 4. The second-order valence-electron chi connectivity index (χ2n) is 5.70. The number of anilines is 3. The highest BCUT2D eigenvalue weighted by Crippen LogP contribution is 2.34. The van der Waals surface area contributed by atoms with Crippen molar-refractivity contribution >= 4 is 23.0 Å². The van der Waals surface area contributed by atoms with Crippen LogP contribution in [0.1, 0.15) is 0 Å². The summed E-state index contributed by atoms with van der Waals surface area (Å²) in [4.78, 5) is 22.9. The lowest BCUT2D eigenvalue weighted by atomic mass is 10.2. The normalized spacial score (nSPS) is 15.2. The Balaban J connectivity index is 1.95. The molecule has 0 spiro atoms. The number of hydrogen-bond acceptors (Lipinski definition) is 7. The molecule has 1 aromatic heterocycles. The van der Waals surface area contributed by atoms with Gasteiger partial charge in [-0.1, -0.05) is 0 Å². The SMILES string of the molecule is CN1CCN(c2ncnc(Nc3ccc(F)c(F)c3)c2[N+](=O)[O-])CC1. The average molecular weight is 350 g/mol. The number of nitro groups is 1. The minimum Gasteiger partial charge on any atom is -0.348 e. The maximum atomic E-state index is 13.4. The molecule has 1 aliphatic heterocycles. The van der Waals surface area contributed by atoms with E-state index >= 15 is 0 Å². The quantitative estimate of drug-likeness (QED) is 0.668. The molecule has 8 nitrogen and oxygen atoms in total. The fourth-order valence-corrected chi connectivity index (χ4v) is 2.59. The van der Waals surface area contributed by atoms with E-state index in [0.717, 1.165) is 25.2 Å². The van der Waals surface area contributed by atoms with Crippen LogP contribution in [0.25, 0.3) is 0 Å². The van der Waals surface area contributed by atoms with Gasteiger partial charge < -0.3 is 15.1 Å². The Morgan fingerprint density at radius 3 is 2.52 bits per heavy atom. The van der Waals surface area contributed by atoms with Gasteiger partial charge in [-0.3, -0.25) is 10.1 Å². The molecular formula is C15H16F2N6O2. The minimum atomic E-state index is -1.05. The molecule has 25 heavy (non-hydrogen) atoms. The number of nitrogens with zero attached hydrogens (tertiary/aromatic N) is 5. The fraction of sp³-hybridized carbons (Fsp3) is 0.333. The second kappa shape index (κ2) is 6.93. The summed E-state index contributed by atoms with van der Waals surface area (Å²) in [7, 11) is 1.97. The van der Waals surface area contributed by atoms with E-state index < -0.39 is 16.6 Å². The Bertz CT molecular complexity index is 796. The third-order valence-corrected chi connectivity index (χ3v) is 3.97. The van der Waals surface area contributed by atoms with Crippen molar-refractivity contribution in [1.82, 2.24) is 14.9 Å². The minimum absolute atomic E-state index is 0.0695. The first-order valence-corrected chi connectivity index (χ1v) is 7.60. The van der Waals surface area contributed by atoms with Crippen molar-refractivity contribution in [2.45, 2.75) is 0 Å². The predicted molar refractivity (Wildman–Crippen MR) is 88.0 cm³/mol. The second-order valence-corrected chi connectivity index (χ2v) is 5.70. The molecule has 0 aliphatic carbocycles. The Hall–Kier alpha value is -2.88. The highest BCUT2D eigenvalue weighted by Gasteiger charge is 2.28. The van der Waals surface area contributed by atoms with Crippen LogP contribution in [0, 0.1) is 21.7 Å². The van der Waals surface area contributed by atoms with E-state index in [9.17, 15) is 18.9 Å². The van der Waals surface area contributed by atoms with Crippen LogP contribution in [0.2, 0.25) is 0 Å². The molecule has 0 saturated carbocycles. The van der Waals surface area contributed by atoms with Crippen molar-refractivity contribution in [3.05, 3.63) is 46.3 Å². The molecule has 1 N–H and O–H groups in total. The molecule has 0 bridgehead atoms. The van der Waals surface area contributed by atoms with Crippen LogP contribution in [0.5, 0.6) is 0 Å². The van der Waals surface area contributed by atoms with Crippen molar-refractivity contribution in [2.24, 2.45) is 0 Å². The molecule has 0 atom stereocenters. The average Bonchev–Trinajstić information content (AvgIpc) is 2.58. The Morgan fingerprint density at radius 1 is 1.16 bits per heavy atom. The summed E-state index contributed by atoms with van der Waals surface area (Å²) in [6, 6.07) is 3.13. The molecule has 0 amide bonds. The van der Waals surface area contributed by atoms with E-state index in [1.54, 1.807) is 0 Å². The lowest BCUT2D eigenvalue weighted by molar-refractivity contribution is -0.383. The number of nitrogens with one attached hydrogen (secondary N) is 1. The number of aromatic nitrogens is 2. The third-order valence-electron chi connectivity index (χ3n) is 3.97. The number of likely N-dealkylation sites (N-methyl/N-ethyl adjacent to an activating group) is 1. The standard InChI is InChI=1S/C15H16F2N6O2/c1-21-4-6-22(7-5-21)15-13(23(24)25)14(18-9-19-15)20-10-2-3-11(16)12(17)8-10/h2-3,8-9H,4-7H2,1H3,(H,18,19,20). The van der Waals surface area contributed by atoms with Gasteiger partial charge in [-0.25, -0.2) is 18.7 Å². The third kappa shape index (κ3) is 3.63. The molecule has 1 aliphatic rings. The topological polar surface area (TPSA) is 87.4 Å². The highest BCUT2D eigenvalue weighted by molar-refractivity contribution is 5.74. The maximum Gasteiger partial charge on any atom is 0.353 e. The maximum absolute atomic E-state index is 13.4. The van der Waals surface area contributed by atoms with Gasteiger partial charge in [0.15, 0.2) is 11.6 Å². The zero-order valence-electron chi connectivity index (χ0n) is 13.4. The lowest BCUT2D eigenvalue weighted by Crippen LogP contribution is -2.45. The summed E-state index contributed by atoms with van der Waals surface area (Å²) < 4.78 is 26.4. The van der Waals surface area contributed by atoms with Crippen molar-refractivity contribution < 1.29 is 13.7 Å². The summed E-state index contributed by atoms with van der Waals surface area (Å²) in [6.45, 7) is 2.71. The molecule has 3 rings (SSSR count). The first-order chi connectivity index (χ1) is 12.0. The van der Waals surface area contributed by atoms with Gasteiger partial charge in [0.05, 0.1) is 4.92 Å². The monoisotopic (exact) mass is 350 g/mol. The van der Waals surface area contributed by atoms with Crippen molar-refractivity contribution in [1.29, 1.82) is 0 Å². The van der Waals surface area contributed by atoms with Crippen molar-refractivity contribution in [2.75, 3.05) is 43.4 Å². The van der Waals surface area contributed by atoms with Gasteiger partial charge in [0.2, 0.25) is 11.6 Å². The van der Waals surface area contributed by atoms with E-state index in [1.807, 2.05) is 11.9 Å². The molecule has 1 fully saturated rings. The van der Waals surface area contributed by atoms with Crippen LogP contribution in [0.15, 0.2) is 24.5 Å². The van der Waals surface area contributed by atoms with Crippen LogP contribution < -0.4 is 10.2 Å². The van der Waals surface area contributed by atoms with E-state index in [2.05, 4.69) is 20.2 Å². The Kier molecular flexibility index (Phi) is 4.70. The number of halogens is 2. The first-order valence-electron chi connectivity index (χ1n) is 7.60. The van der Waals surface area contributed by atoms with E-state index in [0.29, 0.717) is 13.1 Å². The van der Waals surface area contributed by atoms with E-state index in [-0.39, 0.29) is 23.0 Å². The van der Waals surface area contributed by atoms with Gasteiger partial charge in [-0.05, 0) is 19.2 Å². The van der Waals surface area contributed by atoms with Crippen LogP contribution in [-0.4, -0.2) is 53.0 Å². The van der Waals surface area contributed by atoms with Gasteiger partial charge in [0.1, 0.15) is 6.33 Å². The molecule has 2 aromatic rings. The zero-order chi connectivity index (χ0) is 18.0. The molecule has 2 heterocycles. The zero-order valence-corrected chi connectivity index (χ0v) is 13.4. The Morgan fingerprint density at radius 2 is 1.88 bits per heavy atom. The van der Waals surface area contributed by atoms with Crippen molar-refractivity contribution in [3.63, 3.8) is 0 Å². The van der Waals surface area contributed by atoms with Gasteiger partial charge in [0.25, 0.3) is 0 Å². The molecule has 132 valence electrons. The molecule has 0 radical (unpaired) electrons. The fourth-order valence-electron chi connectivity index (χ4n) is 2.59. The largest absolute Gasteiger partial charge is 0.353 e. The van der Waals surface area contributed by atoms with Gasteiger partial charge in [-0.15, -0.1) is 0 Å².